The van der Waals surface area contributed by atoms with Crippen LogP contribution < -0.4 is 11.1 Å². The average molecular weight is 185 g/mol. The van der Waals surface area contributed by atoms with Crippen molar-refractivity contribution in [2.24, 2.45) is 5.73 Å². The van der Waals surface area contributed by atoms with Crippen molar-refractivity contribution in [2.45, 2.75) is 31.8 Å². The molecule has 1 aliphatic rings. The molecule has 0 spiro atoms. The van der Waals surface area contributed by atoms with Gasteiger partial charge in [0.05, 0.1) is 6.04 Å². The van der Waals surface area contributed by atoms with Crippen LogP contribution in [0.4, 0.5) is 0 Å². The maximum absolute atomic E-state index is 11.2. The fourth-order valence-electron chi connectivity index (χ4n) is 1.62. The Kier molecular flexibility index (Phi) is 3.69. The van der Waals surface area contributed by atoms with E-state index < -0.39 is 6.04 Å². The third kappa shape index (κ3) is 2.97. The minimum Gasteiger partial charge on any atom is -0.353 e. The quantitative estimate of drug-likeness (QED) is 0.626. The zero-order valence-electron chi connectivity index (χ0n) is 8.42. The number of likely N-dealkylation sites (tertiary alicyclic amines) is 1. The maximum Gasteiger partial charge on any atom is 0.236 e. The van der Waals surface area contributed by atoms with Crippen LogP contribution in [0, 0.1) is 0 Å². The van der Waals surface area contributed by atoms with Gasteiger partial charge in [-0.05, 0) is 33.4 Å². The Labute approximate surface area is 79.5 Å². The molecule has 0 aliphatic carbocycles. The van der Waals surface area contributed by atoms with Crippen LogP contribution in [0.15, 0.2) is 0 Å². The van der Waals surface area contributed by atoms with Gasteiger partial charge in [-0.2, -0.15) is 0 Å². The number of carbonyl (C=O) groups excluding carboxylic acids is 1. The van der Waals surface area contributed by atoms with E-state index in [1.54, 1.807) is 6.92 Å². The topological polar surface area (TPSA) is 58.4 Å². The minimum atomic E-state index is -0.397. The molecule has 0 bridgehead atoms. The molecule has 4 heteroatoms. The van der Waals surface area contributed by atoms with Gasteiger partial charge in [-0.3, -0.25) is 4.79 Å². The first-order chi connectivity index (χ1) is 6.11. The van der Waals surface area contributed by atoms with E-state index in [9.17, 15) is 4.79 Å². The predicted molar refractivity (Wildman–Crippen MR) is 52.3 cm³/mol. The van der Waals surface area contributed by atoms with E-state index in [0.29, 0.717) is 6.04 Å². The summed E-state index contributed by atoms with van der Waals surface area (Å²) in [5.41, 5.74) is 5.43. The Morgan fingerprint density at radius 1 is 1.77 bits per heavy atom. The molecule has 1 amide bonds. The normalized spacial score (nSPS) is 25.9. The first-order valence-corrected chi connectivity index (χ1v) is 4.85. The monoisotopic (exact) mass is 185 g/mol. The Balaban J connectivity index is 2.22. The SMILES string of the molecule is C[C@H](N)C(=O)NCC1CCCN1C. The summed E-state index contributed by atoms with van der Waals surface area (Å²) in [6.45, 7) is 3.57. The molecule has 0 radical (unpaired) electrons. The second-order valence-corrected chi connectivity index (χ2v) is 3.81. The molecule has 3 N–H and O–H groups in total. The lowest BCUT2D eigenvalue weighted by Gasteiger charge is -2.20. The van der Waals surface area contributed by atoms with Crippen molar-refractivity contribution in [3.8, 4) is 0 Å². The summed E-state index contributed by atoms with van der Waals surface area (Å²) >= 11 is 0. The maximum atomic E-state index is 11.2. The molecule has 1 aliphatic heterocycles. The summed E-state index contributed by atoms with van der Waals surface area (Å²) in [4.78, 5) is 13.4. The number of carbonyl (C=O) groups is 1. The van der Waals surface area contributed by atoms with Crippen LogP contribution in [0.1, 0.15) is 19.8 Å². The van der Waals surface area contributed by atoms with E-state index in [-0.39, 0.29) is 5.91 Å². The van der Waals surface area contributed by atoms with Crippen LogP contribution in [-0.4, -0.2) is 43.0 Å². The first-order valence-electron chi connectivity index (χ1n) is 4.85. The summed E-state index contributed by atoms with van der Waals surface area (Å²) < 4.78 is 0. The lowest BCUT2D eigenvalue weighted by molar-refractivity contribution is -0.122. The smallest absolute Gasteiger partial charge is 0.236 e. The van der Waals surface area contributed by atoms with Gasteiger partial charge < -0.3 is 16.0 Å². The van der Waals surface area contributed by atoms with Gasteiger partial charge in [0.1, 0.15) is 0 Å². The molecule has 0 aromatic rings. The molecule has 76 valence electrons. The predicted octanol–water partition coefficient (Wildman–Crippen LogP) is -0.456. The summed E-state index contributed by atoms with van der Waals surface area (Å²) in [6, 6.07) is 0.106. The van der Waals surface area contributed by atoms with Gasteiger partial charge in [0.15, 0.2) is 0 Å². The molecule has 1 saturated heterocycles. The highest BCUT2D eigenvalue weighted by Crippen LogP contribution is 2.13. The van der Waals surface area contributed by atoms with Crippen molar-refractivity contribution >= 4 is 5.91 Å². The second kappa shape index (κ2) is 4.58. The molecule has 2 atom stereocenters. The Morgan fingerprint density at radius 3 is 2.92 bits per heavy atom. The number of nitrogens with one attached hydrogen (secondary N) is 1. The number of nitrogens with two attached hydrogens (primary N) is 1. The lowest BCUT2D eigenvalue weighted by atomic mass is 10.2. The standard InChI is InChI=1S/C9H19N3O/c1-7(10)9(13)11-6-8-4-3-5-12(8)2/h7-8H,3-6,10H2,1-2H3,(H,11,13)/t7-,8?/m0/s1. The number of likely N-dealkylation sites (N-methyl/N-ethyl adjacent to an activating group) is 1. The van der Waals surface area contributed by atoms with Crippen LogP contribution >= 0.6 is 0 Å². The number of rotatable bonds is 3. The molecule has 1 fully saturated rings. The zero-order valence-corrected chi connectivity index (χ0v) is 8.42. The molecule has 0 aromatic heterocycles. The largest absolute Gasteiger partial charge is 0.353 e. The van der Waals surface area contributed by atoms with Crippen molar-refractivity contribution in [1.29, 1.82) is 0 Å². The van der Waals surface area contributed by atoms with Crippen molar-refractivity contribution in [2.75, 3.05) is 20.1 Å². The Bertz CT molecular complexity index is 182. The summed E-state index contributed by atoms with van der Waals surface area (Å²) in [7, 11) is 2.09. The number of amides is 1. The third-order valence-corrected chi connectivity index (χ3v) is 2.60. The average Bonchev–Trinajstić information content (AvgIpc) is 2.47. The number of hydrogen-bond donors (Lipinski definition) is 2. The van der Waals surface area contributed by atoms with Crippen LogP contribution in [0.25, 0.3) is 0 Å². The molecule has 0 saturated carbocycles. The fraction of sp³-hybridized carbons (Fsp3) is 0.889. The molecule has 0 aromatic carbocycles. The van der Waals surface area contributed by atoms with Gasteiger partial charge in [0.2, 0.25) is 5.91 Å². The molecule has 13 heavy (non-hydrogen) atoms. The third-order valence-electron chi connectivity index (χ3n) is 2.60. The fourth-order valence-corrected chi connectivity index (χ4v) is 1.62. The summed E-state index contributed by atoms with van der Waals surface area (Å²) in [6.07, 6.45) is 2.41. The summed E-state index contributed by atoms with van der Waals surface area (Å²) in [5, 5.41) is 2.85. The van der Waals surface area contributed by atoms with E-state index in [2.05, 4.69) is 17.3 Å². The lowest BCUT2D eigenvalue weighted by Crippen LogP contribution is -2.44. The molecular formula is C9H19N3O. The second-order valence-electron chi connectivity index (χ2n) is 3.81. The van der Waals surface area contributed by atoms with Gasteiger partial charge >= 0.3 is 0 Å². The minimum absolute atomic E-state index is 0.0553. The number of nitrogens with zero attached hydrogens (tertiary/aromatic N) is 1. The van der Waals surface area contributed by atoms with E-state index in [0.717, 1.165) is 13.1 Å². The Morgan fingerprint density at radius 2 is 2.46 bits per heavy atom. The van der Waals surface area contributed by atoms with Gasteiger partial charge in [0.25, 0.3) is 0 Å². The van der Waals surface area contributed by atoms with E-state index in [1.165, 1.54) is 12.8 Å². The van der Waals surface area contributed by atoms with Crippen LogP contribution in [-0.2, 0) is 4.79 Å². The van der Waals surface area contributed by atoms with Gasteiger partial charge in [-0.25, -0.2) is 0 Å². The van der Waals surface area contributed by atoms with Crippen molar-refractivity contribution in [3.05, 3.63) is 0 Å². The van der Waals surface area contributed by atoms with Gasteiger partial charge in [-0.1, -0.05) is 0 Å². The van der Waals surface area contributed by atoms with Crippen molar-refractivity contribution in [3.63, 3.8) is 0 Å². The molecule has 4 nitrogen and oxygen atoms in total. The molecule has 1 unspecified atom stereocenters. The highest BCUT2D eigenvalue weighted by atomic mass is 16.2. The van der Waals surface area contributed by atoms with Gasteiger partial charge in [-0.15, -0.1) is 0 Å². The Hall–Kier alpha value is -0.610. The van der Waals surface area contributed by atoms with Crippen LogP contribution in [0.5, 0.6) is 0 Å². The van der Waals surface area contributed by atoms with E-state index in [1.807, 2.05) is 0 Å². The highest BCUT2D eigenvalue weighted by Gasteiger charge is 2.21. The molecular weight excluding hydrogens is 166 g/mol. The highest BCUT2D eigenvalue weighted by molar-refractivity contribution is 5.80. The van der Waals surface area contributed by atoms with Crippen LogP contribution in [0.2, 0.25) is 0 Å². The van der Waals surface area contributed by atoms with E-state index >= 15 is 0 Å². The van der Waals surface area contributed by atoms with Crippen molar-refractivity contribution in [1.82, 2.24) is 10.2 Å². The van der Waals surface area contributed by atoms with Crippen molar-refractivity contribution < 1.29 is 4.79 Å². The van der Waals surface area contributed by atoms with E-state index in [4.69, 9.17) is 5.73 Å². The zero-order chi connectivity index (χ0) is 9.84. The van der Waals surface area contributed by atoms with Gasteiger partial charge in [0, 0.05) is 12.6 Å². The first kappa shape index (κ1) is 10.5. The molecule has 1 rings (SSSR count). The van der Waals surface area contributed by atoms with Crippen LogP contribution in [0.3, 0.4) is 0 Å². The number of hydrogen-bond acceptors (Lipinski definition) is 3. The summed E-state index contributed by atoms with van der Waals surface area (Å²) in [5.74, 6) is -0.0553. The molecule has 1 heterocycles.